The highest BCUT2D eigenvalue weighted by atomic mass is 28.3. The fraction of sp³-hybridized carbons (Fsp3) is 0.467. The molecule has 1 aromatic rings. The fourth-order valence-corrected chi connectivity index (χ4v) is 4.83. The molecule has 96 valence electrons. The number of benzene rings is 1. The minimum Gasteiger partial charge on any atom is -0.371 e. The molecule has 0 bridgehead atoms. The van der Waals surface area contributed by atoms with Crippen molar-refractivity contribution in [3.63, 3.8) is 0 Å². The Morgan fingerprint density at radius 3 is 2.50 bits per heavy atom. The molecule has 18 heavy (non-hydrogen) atoms. The summed E-state index contributed by atoms with van der Waals surface area (Å²) in [4.78, 5) is 2.54. The highest BCUT2D eigenvalue weighted by molar-refractivity contribution is 6.76. The maximum Gasteiger partial charge on any atom is 0.128 e. The van der Waals surface area contributed by atoms with Crippen LogP contribution in [0.15, 0.2) is 30.3 Å². The van der Waals surface area contributed by atoms with Crippen molar-refractivity contribution in [3.05, 3.63) is 41.5 Å². The maximum absolute atomic E-state index is 6.49. The van der Waals surface area contributed by atoms with E-state index in [0.29, 0.717) is 5.54 Å². The second-order valence-corrected chi connectivity index (χ2v) is 10.4. The van der Waals surface area contributed by atoms with Gasteiger partial charge in [0.15, 0.2) is 0 Å². The number of fused-ring (bicyclic) bond motifs is 1. The van der Waals surface area contributed by atoms with E-state index in [1.165, 1.54) is 42.8 Å². The Hall–Kier alpha value is -1.06. The van der Waals surface area contributed by atoms with Gasteiger partial charge in [0.05, 0.1) is 0 Å². The number of allylic oxidation sites excluding steroid dienone is 1. The van der Waals surface area contributed by atoms with Crippen LogP contribution in [-0.4, -0.2) is 26.2 Å². The Morgan fingerprint density at radius 2 is 1.83 bits per heavy atom. The molecule has 2 N–H and O–H groups in total. The van der Waals surface area contributed by atoms with Crippen molar-refractivity contribution >= 4 is 13.9 Å². The zero-order chi connectivity index (χ0) is 12.8. The molecule has 0 saturated carbocycles. The SMILES string of the molecule is C[Si](C)(N)C1C=C(N2CCCC2)c2ccccc21. The van der Waals surface area contributed by atoms with Crippen LogP contribution in [0.4, 0.5) is 0 Å². The molecule has 3 heteroatoms. The lowest BCUT2D eigenvalue weighted by atomic mass is 10.1. The van der Waals surface area contributed by atoms with E-state index < -0.39 is 8.24 Å². The summed E-state index contributed by atoms with van der Waals surface area (Å²) in [5, 5.41) is 6.49. The lowest BCUT2D eigenvalue weighted by molar-refractivity contribution is 0.494. The van der Waals surface area contributed by atoms with Crippen LogP contribution in [-0.2, 0) is 0 Å². The van der Waals surface area contributed by atoms with E-state index in [2.05, 4.69) is 48.3 Å². The van der Waals surface area contributed by atoms with Gasteiger partial charge in [-0.3, -0.25) is 0 Å². The quantitative estimate of drug-likeness (QED) is 0.827. The van der Waals surface area contributed by atoms with Gasteiger partial charge in [-0.15, -0.1) is 0 Å². The van der Waals surface area contributed by atoms with Gasteiger partial charge in [-0.2, -0.15) is 0 Å². The van der Waals surface area contributed by atoms with Crippen LogP contribution >= 0.6 is 0 Å². The van der Waals surface area contributed by atoms with E-state index in [9.17, 15) is 0 Å². The van der Waals surface area contributed by atoms with E-state index in [4.69, 9.17) is 5.40 Å². The summed E-state index contributed by atoms with van der Waals surface area (Å²) in [5.74, 6) is 0. The molecule has 0 radical (unpaired) electrons. The molecule has 0 spiro atoms. The predicted octanol–water partition coefficient (Wildman–Crippen LogP) is 2.92. The lowest BCUT2D eigenvalue weighted by Crippen LogP contribution is -2.44. The minimum absolute atomic E-state index is 0.476. The normalized spacial score (nSPS) is 23.2. The van der Waals surface area contributed by atoms with Crippen molar-refractivity contribution in [2.45, 2.75) is 31.5 Å². The zero-order valence-electron chi connectivity index (χ0n) is 11.3. The van der Waals surface area contributed by atoms with Gasteiger partial charge in [0.1, 0.15) is 8.24 Å². The molecule has 1 aliphatic carbocycles. The first-order valence-electron chi connectivity index (χ1n) is 6.92. The standard InChI is InChI=1S/C15H22N2Si/c1-18(2,16)15-11-14(17-9-5-6-10-17)12-7-3-4-8-13(12)15/h3-4,7-8,11,15H,5-6,9-10,16H2,1-2H3. The summed E-state index contributed by atoms with van der Waals surface area (Å²) >= 11 is 0. The molecule has 3 rings (SSSR count). The van der Waals surface area contributed by atoms with Crippen molar-refractivity contribution in [2.24, 2.45) is 5.40 Å². The second-order valence-electron chi connectivity index (χ2n) is 6.13. The molecular weight excluding hydrogens is 236 g/mol. The van der Waals surface area contributed by atoms with Crippen molar-refractivity contribution in [2.75, 3.05) is 13.1 Å². The van der Waals surface area contributed by atoms with Crippen molar-refractivity contribution < 1.29 is 0 Å². The molecule has 1 heterocycles. The summed E-state index contributed by atoms with van der Waals surface area (Å²) in [6.07, 6.45) is 5.10. The smallest absolute Gasteiger partial charge is 0.128 e. The minimum atomic E-state index is -1.67. The summed E-state index contributed by atoms with van der Waals surface area (Å²) in [7, 11) is -1.67. The van der Waals surface area contributed by atoms with Crippen LogP contribution < -0.4 is 5.40 Å². The summed E-state index contributed by atoms with van der Waals surface area (Å²) < 4.78 is 0. The third-order valence-corrected chi connectivity index (χ3v) is 6.23. The molecule has 1 atom stereocenters. The van der Waals surface area contributed by atoms with Crippen LogP contribution in [0.5, 0.6) is 0 Å². The predicted molar refractivity (Wildman–Crippen MR) is 79.6 cm³/mol. The van der Waals surface area contributed by atoms with Crippen molar-refractivity contribution in [1.82, 2.24) is 4.90 Å². The number of hydrogen-bond donors (Lipinski definition) is 1. The van der Waals surface area contributed by atoms with E-state index in [0.717, 1.165) is 0 Å². The summed E-state index contributed by atoms with van der Waals surface area (Å²) in [5.41, 5.74) is 4.80. The van der Waals surface area contributed by atoms with E-state index >= 15 is 0 Å². The van der Waals surface area contributed by atoms with Crippen molar-refractivity contribution in [3.8, 4) is 0 Å². The van der Waals surface area contributed by atoms with Gasteiger partial charge in [0, 0.05) is 29.9 Å². The lowest BCUT2D eigenvalue weighted by Gasteiger charge is -2.23. The topological polar surface area (TPSA) is 29.3 Å². The Kier molecular flexibility index (Phi) is 2.83. The van der Waals surface area contributed by atoms with Crippen LogP contribution in [0.2, 0.25) is 13.1 Å². The monoisotopic (exact) mass is 258 g/mol. The number of rotatable bonds is 2. The summed E-state index contributed by atoms with van der Waals surface area (Å²) in [6.45, 7) is 6.94. The number of likely N-dealkylation sites (tertiary alicyclic amines) is 1. The third-order valence-electron chi connectivity index (χ3n) is 4.14. The first-order chi connectivity index (χ1) is 8.57. The molecule has 1 saturated heterocycles. The Balaban J connectivity index is 2.04. The van der Waals surface area contributed by atoms with Crippen LogP contribution in [0, 0.1) is 0 Å². The Bertz CT molecular complexity index is 482. The highest BCUT2D eigenvalue weighted by Crippen LogP contribution is 2.41. The molecule has 0 aromatic heterocycles. The first kappa shape index (κ1) is 12.0. The molecule has 1 fully saturated rings. The zero-order valence-corrected chi connectivity index (χ0v) is 12.3. The van der Waals surface area contributed by atoms with Gasteiger partial charge in [0.25, 0.3) is 0 Å². The van der Waals surface area contributed by atoms with Gasteiger partial charge in [-0.05, 0) is 18.4 Å². The van der Waals surface area contributed by atoms with Gasteiger partial charge in [-0.1, -0.05) is 43.4 Å². The summed E-state index contributed by atoms with van der Waals surface area (Å²) in [6, 6.07) is 8.82. The molecule has 1 unspecified atom stereocenters. The first-order valence-corrected chi connectivity index (χ1v) is 10.1. The van der Waals surface area contributed by atoms with E-state index in [1.54, 1.807) is 0 Å². The Morgan fingerprint density at radius 1 is 1.17 bits per heavy atom. The van der Waals surface area contributed by atoms with Crippen LogP contribution in [0.3, 0.4) is 0 Å². The largest absolute Gasteiger partial charge is 0.371 e. The molecule has 1 aliphatic heterocycles. The van der Waals surface area contributed by atoms with Gasteiger partial charge >= 0.3 is 0 Å². The van der Waals surface area contributed by atoms with Crippen molar-refractivity contribution in [1.29, 1.82) is 0 Å². The maximum atomic E-state index is 6.49. The average molecular weight is 258 g/mol. The highest BCUT2D eigenvalue weighted by Gasteiger charge is 2.36. The van der Waals surface area contributed by atoms with E-state index in [1.807, 2.05) is 0 Å². The van der Waals surface area contributed by atoms with Gasteiger partial charge in [0.2, 0.25) is 0 Å². The molecule has 2 nitrogen and oxygen atoms in total. The van der Waals surface area contributed by atoms with Gasteiger partial charge in [-0.25, -0.2) is 0 Å². The third kappa shape index (κ3) is 1.91. The van der Waals surface area contributed by atoms with Crippen LogP contribution in [0.25, 0.3) is 5.70 Å². The van der Waals surface area contributed by atoms with Crippen LogP contribution in [0.1, 0.15) is 29.5 Å². The number of hydrogen-bond acceptors (Lipinski definition) is 2. The number of nitrogens with two attached hydrogens (primary N) is 1. The Labute approximate surface area is 111 Å². The fourth-order valence-electron chi connectivity index (χ4n) is 3.19. The molecular formula is C15H22N2Si. The van der Waals surface area contributed by atoms with E-state index in [-0.39, 0.29) is 0 Å². The molecule has 2 aliphatic rings. The molecule has 0 amide bonds. The molecule has 1 aromatic carbocycles. The number of nitrogens with zero attached hydrogens (tertiary/aromatic N) is 1. The average Bonchev–Trinajstić information content (AvgIpc) is 2.94. The second kappa shape index (κ2) is 4.25. The van der Waals surface area contributed by atoms with Gasteiger partial charge < -0.3 is 10.3 Å².